The lowest BCUT2D eigenvalue weighted by Gasteiger charge is -2.00. The molecule has 0 bridgehead atoms. The summed E-state index contributed by atoms with van der Waals surface area (Å²) in [5.41, 5.74) is 4.04. The van der Waals surface area contributed by atoms with Gasteiger partial charge in [-0.3, -0.25) is 10.1 Å². The zero-order chi connectivity index (χ0) is 24.7. The number of thioether (sulfide) groups is 1. The molecule has 0 saturated carbocycles. The molecule has 0 saturated heterocycles. The second-order valence-electron chi connectivity index (χ2n) is 7.65. The molecule has 178 valence electrons. The SMILES string of the molecule is O=C(/C=C/c1cn(-c2ccccc2)nc1-c1ccccc1)Nc1nnc(SCc2ccccc2F)s1. The van der Waals surface area contributed by atoms with Gasteiger partial charge in [0.05, 0.1) is 11.4 Å². The van der Waals surface area contributed by atoms with Crippen LogP contribution in [0, 0.1) is 5.82 Å². The molecule has 0 radical (unpaired) electrons. The average Bonchev–Trinajstić information content (AvgIpc) is 3.55. The number of benzene rings is 3. The van der Waals surface area contributed by atoms with E-state index in [0.29, 0.717) is 20.8 Å². The maximum Gasteiger partial charge on any atom is 0.250 e. The van der Waals surface area contributed by atoms with Gasteiger partial charge in [-0.2, -0.15) is 5.10 Å². The molecule has 0 spiro atoms. The number of halogens is 1. The largest absolute Gasteiger partial charge is 0.297 e. The fraction of sp³-hybridized carbons (Fsp3) is 0.0370. The minimum Gasteiger partial charge on any atom is -0.297 e. The van der Waals surface area contributed by atoms with Gasteiger partial charge in [-0.05, 0) is 29.8 Å². The Morgan fingerprint density at radius 3 is 2.47 bits per heavy atom. The van der Waals surface area contributed by atoms with E-state index in [4.69, 9.17) is 5.10 Å². The molecule has 9 heteroatoms. The van der Waals surface area contributed by atoms with Gasteiger partial charge in [0.2, 0.25) is 11.0 Å². The summed E-state index contributed by atoms with van der Waals surface area (Å²) in [6.45, 7) is 0. The van der Waals surface area contributed by atoms with E-state index < -0.39 is 0 Å². The van der Waals surface area contributed by atoms with Crippen LogP contribution in [0.3, 0.4) is 0 Å². The van der Waals surface area contributed by atoms with Crippen molar-refractivity contribution in [2.45, 2.75) is 10.1 Å². The Morgan fingerprint density at radius 1 is 0.972 bits per heavy atom. The van der Waals surface area contributed by atoms with Crippen molar-refractivity contribution in [3.63, 3.8) is 0 Å². The molecule has 0 aliphatic heterocycles. The van der Waals surface area contributed by atoms with Gasteiger partial charge < -0.3 is 0 Å². The van der Waals surface area contributed by atoms with Crippen LogP contribution in [0.15, 0.2) is 102 Å². The molecule has 1 N–H and O–H groups in total. The molecule has 5 rings (SSSR count). The zero-order valence-corrected chi connectivity index (χ0v) is 20.5. The molecule has 36 heavy (non-hydrogen) atoms. The standard InChI is InChI=1S/C27H20FN5OS2/c28-23-14-8-7-11-21(23)18-35-27-31-30-26(36-27)29-24(34)16-15-20-17-33(22-12-5-2-6-13-22)32-25(20)19-9-3-1-4-10-19/h1-17H,18H2,(H,29,30,34)/b16-15+. The van der Waals surface area contributed by atoms with Crippen LogP contribution >= 0.6 is 23.1 Å². The number of hydrogen-bond acceptors (Lipinski definition) is 6. The first-order chi connectivity index (χ1) is 17.7. The Hall–Kier alpha value is -4.08. The van der Waals surface area contributed by atoms with Crippen LogP contribution in [0.1, 0.15) is 11.1 Å². The molecular weight excluding hydrogens is 493 g/mol. The number of carbonyl (C=O) groups is 1. The smallest absolute Gasteiger partial charge is 0.250 e. The lowest BCUT2D eigenvalue weighted by Crippen LogP contribution is -2.07. The molecule has 2 heterocycles. The number of carbonyl (C=O) groups excluding carboxylic acids is 1. The first kappa shape index (κ1) is 23.7. The third-order valence-electron chi connectivity index (χ3n) is 5.17. The van der Waals surface area contributed by atoms with Gasteiger partial charge in [0.15, 0.2) is 4.34 Å². The predicted molar refractivity (Wildman–Crippen MR) is 143 cm³/mol. The van der Waals surface area contributed by atoms with E-state index in [-0.39, 0.29) is 11.7 Å². The van der Waals surface area contributed by atoms with Crippen molar-refractivity contribution in [3.05, 3.63) is 114 Å². The van der Waals surface area contributed by atoms with Crippen molar-refractivity contribution in [1.29, 1.82) is 0 Å². The summed E-state index contributed by atoms with van der Waals surface area (Å²) >= 11 is 2.62. The highest BCUT2D eigenvalue weighted by Gasteiger charge is 2.12. The van der Waals surface area contributed by atoms with Crippen LogP contribution in [0.2, 0.25) is 0 Å². The van der Waals surface area contributed by atoms with Crippen LogP contribution < -0.4 is 5.32 Å². The van der Waals surface area contributed by atoms with Crippen molar-refractivity contribution in [3.8, 4) is 16.9 Å². The number of amides is 1. The normalized spacial score (nSPS) is 11.1. The summed E-state index contributed by atoms with van der Waals surface area (Å²) in [6.07, 6.45) is 5.08. The highest BCUT2D eigenvalue weighted by Crippen LogP contribution is 2.29. The van der Waals surface area contributed by atoms with E-state index in [1.807, 2.05) is 66.9 Å². The number of rotatable bonds is 8. The zero-order valence-electron chi connectivity index (χ0n) is 18.9. The molecule has 2 aromatic heterocycles. The topological polar surface area (TPSA) is 72.7 Å². The Morgan fingerprint density at radius 2 is 1.69 bits per heavy atom. The third kappa shape index (κ3) is 5.76. The van der Waals surface area contributed by atoms with Gasteiger partial charge >= 0.3 is 0 Å². The van der Waals surface area contributed by atoms with Crippen molar-refractivity contribution in [2.24, 2.45) is 0 Å². The Balaban J connectivity index is 1.28. The molecule has 1 amide bonds. The number of aromatic nitrogens is 4. The van der Waals surface area contributed by atoms with Gasteiger partial charge in [0, 0.05) is 29.2 Å². The van der Waals surface area contributed by atoms with E-state index in [0.717, 1.165) is 22.5 Å². The highest BCUT2D eigenvalue weighted by atomic mass is 32.2. The highest BCUT2D eigenvalue weighted by molar-refractivity contribution is 8.00. The quantitative estimate of drug-likeness (QED) is 0.146. The van der Waals surface area contributed by atoms with Crippen molar-refractivity contribution in [2.75, 3.05) is 5.32 Å². The maximum absolute atomic E-state index is 13.8. The van der Waals surface area contributed by atoms with E-state index in [1.165, 1.54) is 35.2 Å². The number of nitrogens with one attached hydrogen (secondary N) is 1. The number of anilines is 1. The molecule has 6 nitrogen and oxygen atoms in total. The van der Waals surface area contributed by atoms with Crippen molar-refractivity contribution in [1.82, 2.24) is 20.0 Å². The van der Waals surface area contributed by atoms with Gasteiger partial charge in [0.1, 0.15) is 5.82 Å². The van der Waals surface area contributed by atoms with E-state index in [1.54, 1.807) is 29.0 Å². The number of hydrogen-bond donors (Lipinski definition) is 1. The van der Waals surface area contributed by atoms with Gasteiger partial charge in [-0.15, -0.1) is 10.2 Å². The summed E-state index contributed by atoms with van der Waals surface area (Å²) < 4.78 is 16.3. The summed E-state index contributed by atoms with van der Waals surface area (Å²) in [5, 5.41) is 16.0. The van der Waals surface area contributed by atoms with Crippen molar-refractivity contribution >= 4 is 40.2 Å². The second kappa shape index (κ2) is 11.1. The summed E-state index contributed by atoms with van der Waals surface area (Å²) in [4.78, 5) is 12.6. The molecule has 0 fully saturated rings. The summed E-state index contributed by atoms with van der Waals surface area (Å²) in [7, 11) is 0. The first-order valence-corrected chi connectivity index (χ1v) is 12.9. The predicted octanol–water partition coefficient (Wildman–Crippen LogP) is 6.47. The summed E-state index contributed by atoms with van der Waals surface area (Å²) in [5.74, 6) is -0.148. The lowest BCUT2D eigenvalue weighted by molar-refractivity contribution is -0.111. The first-order valence-electron chi connectivity index (χ1n) is 11.0. The monoisotopic (exact) mass is 513 g/mol. The van der Waals surface area contributed by atoms with Crippen LogP contribution in [0.5, 0.6) is 0 Å². The maximum atomic E-state index is 13.8. The lowest BCUT2D eigenvalue weighted by atomic mass is 10.1. The minimum atomic E-state index is -0.330. The third-order valence-corrected chi connectivity index (χ3v) is 7.19. The number of nitrogens with zero attached hydrogens (tertiary/aromatic N) is 4. The molecule has 0 aliphatic carbocycles. The van der Waals surface area contributed by atoms with Crippen LogP contribution in [0.25, 0.3) is 23.0 Å². The molecule has 0 atom stereocenters. The molecule has 5 aromatic rings. The Bertz CT molecular complexity index is 1500. The van der Waals surface area contributed by atoms with Gasteiger partial charge in [-0.1, -0.05) is 89.8 Å². The number of para-hydroxylation sites is 1. The van der Waals surface area contributed by atoms with Gasteiger partial charge in [0.25, 0.3) is 0 Å². The molecular formula is C27H20FN5OS2. The summed E-state index contributed by atoms with van der Waals surface area (Å²) in [6, 6.07) is 26.2. The minimum absolute atomic E-state index is 0.251. The second-order valence-corrected chi connectivity index (χ2v) is 9.85. The van der Waals surface area contributed by atoms with E-state index in [2.05, 4.69) is 15.5 Å². The fourth-order valence-electron chi connectivity index (χ4n) is 3.43. The van der Waals surface area contributed by atoms with Crippen LogP contribution in [-0.2, 0) is 10.5 Å². The van der Waals surface area contributed by atoms with E-state index in [9.17, 15) is 9.18 Å². The van der Waals surface area contributed by atoms with Crippen LogP contribution in [0.4, 0.5) is 9.52 Å². The Kier molecular flexibility index (Phi) is 7.30. The van der Waals surface area contributed by atoms with Gasteiger partial charge in [-0.25, -0.2) is 9.07 Å². The molecule has 0 aliphatic rings. The average molecular weight is 514 g/mol. The van der Waals surface area contributed by atoms with Crippen molar-refractivity contribution < 1.29 is 9.18 Å². The Labute approximate surface area is 215 Å². The van der Waals surface area contributed by atoms with E-state index >= 15 is 0 Å². The fourth-order valence-corrected chi connectivity index (χ4v) is 5.17. The van der Waals surface area contributed by atoms with Crippen LogP contribution in [-0.4, -0.2) is 25.9 Å². The molecule has 0 unspecified atom stereocenters. The molecule has 3 aromatic carbocycles.